The van der Waals surface area contributed by atoms with Crippen molar-refractivity contribution >= 4 is 11.8 Å². The number of hydrogen-bond donors (Lipinski definition) is 1. The summed E-state index contributed by atoms with van der Waals surface area (Å²) in [6.07, 6.45) is 3.61. The highest BCUT2D eigenvalue weighted by atomic mass is 16.2. The lowest BCUT2D eigenvalue weighted by Crippen LogP contribution is -2.44. The van der Waals surface area contributed by atoms with Crippen molar-refractivity contribution in [3.05, 3.63) is 35.4 Å². The third-order valence-corrected chi connectivity index (χ3v) is 6.33. The second kappa shape index (κ2) is 6.45. The first kappa shape index (κ1) is 16.6. The maximum atomic E-state index is 13.1. The quantitative estimate of drug-likeness (QED) is 0.893. The number of benzene rings is 1. The molecule has 134 valence electrons. The molecule has 5 heteroatoms. The average Bonchev–Trinajstić information content (AvgIpc) is 3.24. The number of nitrogens with zero attached hydrogens (tertiary/aromatic N) is 2. The van der Waals surface area contributed by atoms with E-state index in [-0.39, 0.29) is 17.2 Å². The normalized spacial score (nSPS) is 25.8. The van der Waals surface area contributed by atoms with Crippen molar-refractivity contribution in [1.29, 1.82) is 0 Å². The Bertz CT molecular complexity index is 673. The van der Waals surface area contributed by atoms with Gasteiger partial charge in [0, 0.05) is 50.6 Å². The van der Waals surface area contributed by atoms with E-state index in [1.807, 2.05) is 35.0 Å². The first-order chi connectivity index (χ1) is 12.1. The number of amides is 2. The minimum Gasteiger partial charge on any atom is -0.345 e. The van der Waals surface area contributed by atoms with Gasteiger partial charge in [-0.1, -0.05) is 18.2 Å². The van der Waals surface area contributed by atoms with Crippen molar-refractivity contribution in [2.24, 2.45) is 5.41 Å². The van der Waals surface area contributed by atoms with Crippen LogP contribution in [0, 0.1) is 5.41 Å². The Balaban J connectivity index is 1.47. The molecule has 0 aliphatic carbocycles. The lowest BCUT2D eigenvalue weighted by Gasteiger charge is -2.39. The molecule has 3 aliphatic rings. The zero-order valence-electron chi connectivity index (χ0n) is 15.0. The first-order valence-electron chi connectivity index (χ1n) is 9.41. The molecule has 1 unspecified atom stereocenters. The van der Waals surface area contributed by atoms with Gasteiger partial charge in [-0.3, -0.25) is 9.59 Å². The molecule has 3 heterocycles. The van der Waals surface area contributed by atoms with Gasteiger partial charge in [-0.2, -0.15) is 0 Å². The molecule has 3 fully saturated rings. The zero-order chi connectivity index (χ0) is 17.4. The van der Waals surface area contributed by atoms with E-state index in [2.05, 4.69) is 11.4 Å². The van der Waals surface area contributed by atoms with Crippen molar-refractivity contribution in [2.45, 2.75) is 31.6 Å². The van der Waals surface area contributed by atoms with Crippen molar-refractivity contribution in [3.63, 3.8) is 0 Å². The molecule has 2 amide bonds. The van der Waals surface area contributed by atoms with Gasteiger partial charge in [0.05, 0.1) is 0 Å². The van der Waals surface area contributed by atoms with E-state index >= 15 is 0 Å². The summed E-state index contributed by atoms with van der Waals surface area (Å²) in [5, 5.41) is 3.40. The van der Waals surface area contributed by atoms with Crippen LogP contribution in [0.1, 0.15) is 47.5 Å². The van der Waals surface area contributed by atoms with Crippen molar-refractivity contribution < 1.29 is 9.59 Å². The molecule has 1 spiro atoms. The van der Waals surface area contributed by atoms with Crippen LogP contribution in [0.25, 0.3) is 0 Å². The minimum absolute atomic E-state index is 0.0947. The molecule has 0 aromatic heterocycles. The van der Waals surface area contributed by atoms with E-state index in [1.54, 1.807) is 0 Å². The Morgan fingerprint density at radius 2 is 2.00 bits per heavy atom. The predicted molar refractivity (Wildman–Crippen MR) is 96.5 cm³/mol. The Hall–Kier alpha value is -1.88. The van der Waals surface area contributed by atoms with Crippen LogP contribution in [0.3, 0.4) is 0 Å². The van der Waals surface area contributed by atoms with Crippen LogP contribution in [0.5, 0.6) is 0 Å². The minimum atomic E-state index is 0.0947. The van der Waals surface area contributed by atoms with Crippen molar-refractivity contribution in [1.82, 2.24) is 15.1 Å². The molecule has 1 aromatic rings. The summed E-state index contributed by atoms with van der Waals surface area (Å²) in [6, 6.07) is 8.10. The number of nitrogens with one attached hydrogen (secondary N) is 1. The van der Waals surface area contributed by atoms with Crippen LogP contribution in [0.2, 0.25) is 0 Å². The maximum Gasteiger partial charge on any atom is 0.254 e. The van der Waals surface area contributed by atoms with E-state index in [9.17, 15) is 9.59 Å². The highest BCUT2D eigenvalue weighted by Crippen LogP contribution is 2.40. The van der Waals surface area contributed by atoms with Gasteiger partial charge < -0.3 is 15.1 Å². The van der Waals surface area contributed by atoms with E-state index < -0.39 is 0 Å². The van der Waals surface area contributed by atoms with Gasteiger partial charge in [-0.25, -0.2) is 0 Å². The number of rotatable bonds is 2. The number of hydrogen-bond acceptors (Lipinski definition) is 3. The first-order valence-corrected chi connectivity index (χ1v) is 9.41. The Kier molecular flexibility index (Phi) is 4.28. The molecule has 5 nitrogen and oxygen atoms in total. The fourth-order valence-corrected chi connectivity index (χ4v) is 4.76. The van der Waals surface area contributed by atoms with E-state index in [4.69, 9.17) is 0 Å². The third-order valence-electron chi connectivity index (χ3n) is 6.33. The highest BCUT2D eigenvalue weighted by molar-refractivity contribution is 5.96. The molecule has 3 saturated heterocycles. The van der Waals surface area contributed by atoms with Crippen LogP contribution >= 0.6 is 0 Å². The molecule has 0 saturated carbocycles. The van der Waals surface area contributed by atoms with Gasteiger partial charge in [0.25, 0.3) is 5.91 Å². The van der Waals surface area contributed by atoms with E-state index in [0.29, 0.717) is 12.3 Å². The fourth-order valence-electron chi connectivity index (χ4n) is 4.76. The lowest BCUT2D eigenvalue weighted by atomic mass is 9.77. The van der Waals surface area contributed by atoms with Crippen LogP contribution in [-0.4, -0.2) is 61.4 Å². The van der Waals surface area contributed by atoms with Gasteiger partial charge in [-0.05, 0) is 43.4 Å². The molecule has 3 aliphatic heterocycles. The van der Waals surface area contributed by atoms with Gasteiger partial charge in [0.2, 0.25) is 5.91 Å². The number of carbonyl (C=O) groups is 2. The average molecular weight is 341 g/mol. The fraction of sp³-hybridized carbons (Fsp3) is 0.600. The molecule has 4 rings (SSSR count). The molecule has 0 bridgehead atoms. The van der Waals surface area contributed by atoms with Crippen LogP contribution < -0.4 is 5.32 Å². The molecule has 0 radical (unpaired) electrons. The highest BCUT2D eigenvalue weighted by Gasteiger charge is 2.44. The van der Waals surface area contributed by atoms with Crippen LogP contribution in [0.15, 0.2) is 24.3 Å². The number of carbonyl (C=O) groups excluding carboxylic acids is 2. The van der Waals surface area contributed by atoms with Crippen LogP contribution in [0.4, 0.5) is 0 Å². The Labute approximate surface area is 149 Å². The van der Waals surface area contributed by atoms with Crippen molar-refractivity contribution in [2.75, 3.05) is 39.8 Å². The number of likely N-dealkylation sites (tertiary alicyclic amines) is 2. The summed E-state index contributed by atoms with van der Waals surface area (Å²) < 4.78 is 0. The third kappa shape index (κ3) is 3.06. The summed E-state index contributed by atoms with van der Waals surface area (Å²) >= 11 is 0. The summed E-state index contributed by atoms with van der Waals surface area (Å²) in [4.78, 5) is 28.9. The monoisotopic (exact) mass is 341 g/mol. The Morgan fingerprint density at radius 3 is 2.64 bits per heavy atom. The lowest BCUT2D eigenvalue weighted by molar-refractivity contribution is -0.126. The molecule has 1 N–H and O–H groups in total. The second-order valence-electron chi connectivity index (χ2n) is 8.00. The van der Waals surface area contributed by atoms with Gasteiger partial charge in [-0.15, -0.1) is 0 Å². The van der Waals surface area contributed by atoms with E-state index in [1.165, 1.54) is 5.56 Å². The standard InChI is InChI=1S/C20H27N3O2/c1-22-14-20(12-18(22)24)7-10-23(11-8-20)19(25)17-5-3-2-4-16(17)15-6-9-21-13-15/h2-5,15,21H,6-14H2,1H3. The zero-order valence-corrected chi connectivity index (χ0v) is 15.0. The predicted octanol–water partition coefficient (Wildman–Crippen LogP) is 1.85. The Morgan fingerprint density at radius 1 is 1.24 bits per heavy atom. The second-order valence-corrected chi connectivity index (χ2v) is 8.00. The summed E-state index contributed by atoms with van der Waals surface area (Å²) in [5.41, 5.74) is 2.15. The largest absolute Gasteiger partial charge is 0.345 e. The molecule has 1 atom stereocenters. The summed E-state index contributed by atoms with van der Waals surface area (Å²) in [6.45, 7) is 4.36. The number of piperidine rings is 1. The summed E-state index contributed by atoms with van der Waals surface area (Å²) in [7, 11) is 1.89. The molecule has 25 heavy (non-hydrogen) atoms. The SMILES string of the molecule is CN1CC2(CCN(C(=O)c3ccccc3C3CCNC3)CC2)CC1=O. The van der Waals surface area contributed by atoms with Gasteiger partial charge >= 0.3 is 0 Å². The molecule has 1 aromatic carbocycles. The topological polar surface area (TPSA) is 52.6 Å². The molecular formula is C20H27N3O2. The summed E-state index contributed by atoms with van der Waals surface area (Å²) in [5.74, 6) is 0.853. The smallest absolute Gasteiger partial charge is 0.254 e. The van der Waals surface area contributed by atoms with Gasteiger partial charge in [0.1, 0.15) is 0 Å². The van der Waals surface area contributed by atoms with Gasteiger partial charge in [0.15, 0.2) is 0 Å². The maximum absolute atomic E-state index is 13.1. The van der Waals surface area contributed by atoms with Crippen LogP contribution in [-0.2, 0) is 4.79 Å². The van der Waals surface area contributed by atoms with Crippen molar-refractivity contribution in [3.8, 4) is 0 Å². The van der Waals surface area contributed by atoms with E-state index in [0.717, 1.165) is 57.5 Å². The molecular weight excluding hydrogens is 314 g/mol.